The van der Waals surface area contributed by atoms with E-state index < -0.39 is 0 Å². The summed E-state index contributed by atoms with van der Waals surface area (Å²) in [5.41, 5.74) is 7.54. The molecule has 0 spiro atoms. The Morgan fingerprint density at radius 2 is 2.13 bits per heavy atom. The summed E-state index contributed by atoms with van der Waals surface area (Å²) in [5.74, 6) is 0.520. The van der Waals surface area contributed by atoms with Crippen molar-refractivity contribution in [3.05, 3.63) is 24.3 Å². The fraction of sp³-hybridized carbons (Fsp3) is 0.500. The van der Waals surface area contributed by atoms with Gasteiger partial charge in [-0.15, -0.1) is 0 Å². The molecule has 1 aromatic carbocycles. The van der Waals surface area contributed by atoms with Crippen LogP contribution in [-0.2, 0) is 4.74 Å². The summed E-state index contributed by atoms with van der Waals surface area (Å²) in [5, 5.41) is 3.42. The first-order valence-electron chi connectivity index (χ1n) is 5.24. The van der Waals surface area contributed by atoms with Crippen molar-refractivity contribution in [3.8, 4) is 0 Å². The average Bonchev–Trinajstić information content (AvgIpc) is 2.17. The summed E-state index contributed by atoms with van der Waals surface area (Å²) >= 11 is 0. The van der Waals surface area contributed by atoms with Gasteiger partial charge in [-0.1, -0.05) is 19.9 Å². The first kappa shape index (κ1) is 11.9. The monoisotopic (exact) mass is 208 g/mol. The zero-order valence-electron chi connectivity index (χ0n) is 9.66. The minimum Gasteiger partial charge on any atom is -0.399 e. The molecule has 3 heteroatoms. The second-order valence-electron chi connectivity index (χ2n) is 4.08. The number of hydrogen-bond donors (Lipinski definition) is 2. The van der Waals surface area contributed by atoms with Crippen molar-refractivity contribution in [3.63, 3.8) is 0 Å². The lowest BCUT2D eigenvalue weighted by atomic mass is 10.1. The lowest BCUT2D eigenvalue weighted by molar-refractivity contribution is 0.171. The molecule has 0 aromatic heterocycles. The van der Waals surface area contributed by atoms with Gasteiger partial charge in [0, 0.05) is 18.5 Å². The van der Waals surface area contributed by atoms with E-state index in [0.717, 1.165) is 11.4 Å². The molecule has 0 aliphatic heterocycles. The third kappa shape index (κ3) is 3.80. The zero-order valence-corrected chi connectivity index (χ0v) is 9.66. The van der Waals surface area contributed by atoms with Crippen molar-refractivity contribution in [2.45, 2.75) is 19.9 Å². The number of anilines is 2. The molecule has 15 heavy (non-hydrogen) atoms. The minimum atomic E-state index is 0.316. The molecule has 0 aliphatic carbocycles. The third-order valence-electron chi connectivity index (χ3n) is 2.39. The highest BCUT2D eigenvalue weighted by Gasteiger charge is 2.12. The van der Waals surface area contributed by atoms with Gasteiger partial charge in [0.15, 0.2) is 0 Å². The van der Waals surface area contributed by atoms with Crippen molar-refractivity contribution in [1.29, 1.82) is 0 Å². The molecule has 1 aromatic rings. The average molecular weight is 208 g/mol. The maximum absolute atomic E-state index is 5.71. The Labute approximate surface area is 91.6 Å². The Hall–Kier alpha value is -1.22. The Kier molecular flexibility index (Phi) is 4.43. The molecule has 1 unspecified atom stereocenters. The molecule has 1 rings (SSSR count). The molecule has 0 saturated carbocycles. The van der Waals surface area contributed by atoms with Gasteiger partial charge in [0.1, 0.15) is 0 Å². The van der Waals surface area contributed by atoms with E-state index in [1.54, 1.807) is 7.11 Å². The number of nitrogens with two attached hydrogens (primary N) is 1. The zero-order chi connectivity index (χ0) is 11.3. The maximum Gasteiger partial charge on any atom is 0.0666 e. The van der Waals surface area contributed by atoms with E-state index in [2.05, 4.69) is 19.2 Å². The van der Waals surface area contributed by atoms with Crippen molar-refractivity contribution in [2.24, 2.45) is 5.92 Å². The summed E-state index contributed by atoms with van der Waals surface area (Å²) in [6.45, 7) is 5.04. The molecule has 0 bridgehead atoms. The van der Waals surface area contributed by atoms with E-state index in [1.807, 2.05) is 24.3 Å². The molecule has 3 N–H and O–H groups in total. The molecule has 0 radical (unpaired) electrons. The summed E-state index contributed by atoms with van der Waals surface area (Å²) in [6.07, 6.45) is 0. The topological polar surface area (TPSA) is 47.3 Å². The van der Waals surface area contributed by atoms with E-state index in [0.29, 0.717) is 18.6 Å². The Morgan fingerprint density at radius 1 is 1.40 bits per heavy atom. The Bertz CT molecular complexity index is 299. The number of ether oxygens (including phenoxy) is 1. The van der Waals surface area contributed by atoms with Crippen LogP contribution >= 0.6 is 0 Å². The highest BCUT2D eigenvalue weighted by Crippen LogP contribution is 2.15. The lowest BCUT2D eigenvalue weighted by Crippen LogP contribution is -2.30. The molecule has 3 nitrogen and oxygen atoms in total. The molecular formula is C12H20N2O. The van der Waals surface area contributed by atoms with E-state index in [9.17, 15) is 0 Å². The van der Waals surface area contributed by atoms with Crippen LogP contribution < -0.4 is 11.1 Å². The van der Waals surface area contributed by atoms with E-state index in [-0.39, 0.29) is 0 Å². The summed E-state index contributed by atoms with van der Waals surface area (Å²) < 4.78 is 5.17. The van der Waals surface area contributed by atoms with Crippen LogP contribution in [0.5, 0.6) is 0 Å². The number of methoxy groups -OCH3 is 1. The van der Waals surface area contributed by atoms with Crippen molar-refractivity contribution >= 4 is 11.4 Å². The SMILES string of the molecule is COCC(Nc1cccc(N)c1)C(C)C. The normalized spacial score (nSPS) is 12.8. The predicted molar refractivity (Wildman–Crippen MR) is 65.0 cm³/mol. The third-order valence-corrected chi connectivity index (χ3v) is 2.39. The van der Waals surface area contributed by atoms with Crippen LogP contribution in [0.25, 0.3) is 0 Å². The summed E-state index contributed by atoms with van der Waals surface area (Å²) in [4.78, 5) is 0. The van der Waals surface area contributed by atoms with E-state index in [1.165, 1.54) is 0 Å². The Morgan fingerprint density at radius 3 is 2.67 bits per heavy atom. The molecule has 0 heterocycles. The highest BCUT2D eigenvalue weighted by atomic mass is 16.5. The molecule has 1 atom stereocenters. The van der Waals surface area contributed by atoms with Crippen LogP contribution in [0, 0.1) is 5.92 Å². The highest BCUT2D eigenvalue weighted by molar-refractivity contribution is 5.54. The number of nitrogens with one attached hydrogen (secondary N) is 1. The number of nitrogen functional groups attached to an aromatic ring is 1. The van der Waals surface area contributed by atoms with Crippen LogP contribution in [0.15, 0.2) is 24.3 Å². The molecule has 0 fully saturated rings. The van der Waals surface area contributed by atoms with Gasteiger partial charge in [-0.25, -0.2) is 0 Å². The van der Waals surface area contributed by atoms with E-state index in [4.69, 9.17) is 10.5 Å². The molecule has 84 valence electrons. The molecule has 0 amide bonds. The molecular weight excluding hydrogens is 188 g/mol. The molecule has 0 saturated heterocycles. The smallest absolute Gasteiger partial charge is 0.0666 e. The quantitative estimate of drug-likeness (QED) is 0.730. The second kappa shape index (κ2) is 5.61. The van der Waals surface area contributed by atoms with Crippen LogP contribution in [0.3, 0.4) is 0 Å². The van der Waals surface area contributed by atoms with Gasteiger partial charge >= 0.3 is 0 Å². The minimum absolute atomic E-state index is 0.316. The summed E-state index contributed by atoms with van der Waals surface area (Å²) in [7, 11) is 1.72. The fourth-order valence-corrected chi connectivity index (χ4v) is 1.42. The van der Waals surface area contributed by atoms with E-state index >= 15 is 0 Å². The fourth-order valence-electron chi connectivity index (χ4n) is 1.42. The van der Waals surface area contributed by atoms with Gasteiger partial charge in [0.05, 0.1) is 12.6 Å². The number of rotatable bonds is 5. The lowest BCUT2D eigenvalue weighted by Gasteiger charge is -2.22. The maximum atomic E-state index is 5.71. The van der Waals surface area contributed by atoms with Crippen LogP contribution in [0.2, 0.25) is 0 Å². The predicted octanol–water partition coefficient (Wildman–Crippen LogP) is 2.35. The van der Waals surface area contributed by atoms with Crippen LogP contribution in [0.4, 0.5) is 11.4 Å². The van der Waals surface area contributed by atoms with Gasteiger partial charge < -0.3 is 15.8 Å². The standard InChI is InChI=1S/C12H20N2O/c1-9(2)12(8-15-3)14-11-6-4-5-10(13)7-11/h4-7,9,12,14H,8,13H2,1-3H3. The van der Waals surface area contributed by atoms with Gasteiger partial charge in [-0.05, 0) is 24.1 Å². The van der Waals surface area contributed by atoms with Gasteiger partial charge in [0.2, 0.25) is 0 Å². The van der Waals surface area contributed by atoms with Crippen LogP contribution in [0.1, 0.15) is 13.8 Å². The van der Waals surface area contributed by atoms with Gasteiger partial charge in [0.25, 0.3) is 0 Å². The summed E-state index contributed by atoms with van der Waals surface area (Å²) in [6, 6.07) is 8.09. The first-order chi connectivity index (χ1) is 7.13. The van der Waals surface area contributed by atoms with Crippen molar-refractivity contribution in [1.82, 2.24) is 0 Å². The van der Waals surface area contributed by atoms with Gasteiger partial charge in [-0.3, -0.25) is 0 Å². The van der Waals surface area contributed by atoms with Gasteiger partial charge in [-0.2, -0.15) is 0 Å². The first-order valence-corrected chi connectivity index (χ1v) is 5.24. The molecule has 0 aliphatic rings. The van der Waals surface area contributed by atoms with Crippen molar-refractivity contribution in [2.75, 3.05) is 24.8 Å². The van der Waals surface area contributed by atoms with Crippen LogP contribution in [-0.4, -0.2) is 19.8 Å². The largest absolute Gasteiger partial charge is 0.399 e. The Balaban J connectivity index is 2.65. The number of hydrogen-bond acceptors (Lipinski definition) is 3. The number of benzene rings is 1. The van der Waals surface area contributed by atoms with Crippen molar-refractivity contribution < 1.29 is 4.74 Å². The second-order valence-corrected chi connectivity index (χ2v) is 4.08.